The molecule has 2 bridgehead atoms. The second kappa shape index (κ2) is 6.48. The average molecular weight is 422 g/mol. The third kappa shape index (κ3) is 2.70. The van der Waals surface area contributed by atoms with Crippen molar-refractivity contribution >= 4 is 21.4 Å². The number of phenols is 1. The van der Waals surface area contributed by atoms with Crippen molar-refractivity contribution in [3.63, 3.8) is 0 Å². The molecule has 1 aliphatic heterocycles. The molecule has 0 radical (unpaired) electrons. The number of benzene rings is 2. The number of para-hydroxylation sites is 1. The predicted octanol–water partition coefficient (Wildman–Crippen LogP) is 2.21. The van der Waals surface area contributed by atoms with Gasteiger partial charge in [-0.25, -0.2) is 0 Å². The maximum absolute atomic E-state index is 13.2. The molecule has 0 fully saturated rings. The Balaban J connectivity index is 2.31. The number of hydrogen-bond donors (Lipinski definition) is 1. The molecule has 0 aliphatic carbocycles. The molecule has 1 N–H and O–H groups in total. The number of fused-ring (bicyclic) bond motifs is 3. The van der Waals surface area contributed by atoms with Crippen LogP contribution in [0.2, 0.25) is 0 Å². The Kier molecular flexibility index (Phi) is 4.19. The molecule has 2 aromatic carbocycles. The molecular weight excluding hydrogens is 408 g/mol. The average Bonchev–Trinajstić information content (AvgIpc) is 2.73. The fourth-order valence-corrected chi connectivity index (χ4v) is 3.86. The lowest BCUT2D eigenvalue weighted by Crippen LogP contribution is -2.17. The molecule has 0 saturated carbocycles. The van der Waals surface area contributed by atoms with Crippen LogP contribution in [-0.2, 0) is 10.4 Å². The zero-order valence-electron chi connectivity index (χ0n) is 15.3. The van der Waals surface area contributed by atoms with Gasteiger partial charge in [0.05, 0.1) is 26.9 Å². The molecule has 29 heavy (non-hydrogen) atoms. The maximum atomic E-state index is 13.2. The summed E-state index contributed by atoms with van der Waals surface area (Å²) < 4.78 is 56.2. The molecule has 4 rings (SSSR count). The number of aromatic hydroxyl groups is 1. The predicted molar refractivity (Wildman–Crippen MR) is 99.4 cm³/mol. The van der Waals surface area contributed by atoms with Gasteiger partial charge in [-0.15, -0.1) is 8.42 Å². The number of ether oxygens (including phenoxy) is 3. The van der Waals surface area contributed by atoms with Crippen LogP contribution in [0.1, 0.15) is 0 Å². The first-order chi connectivity index (χ1) is 13.8. The molecule has 1 aliphatic rings. The van der Waals surface area contributed by atoms with Gasteiger partial charge in [-0.2, -0.15) is 0 Å². The zero-order valence-corrected chi connectivity index (χ0v) is 16.2. The Bertz CT molecular complexity index is 1310. The summed E-state index contributed by atoms with van der Waals surface area (Å²) in [5, 5.41) is 10.3. The Morgan fingerprint density at radius 3 is 2.24 bits per heavy atom. The van der Waals surface area contributed by atoms with E-state index in [4.69, 9.17) is 27.0 Å². The summed E-state index contributed by atoms with van der Waals surface area (Å²) in [5.74, 6) is -2.47. The molecular formula is C18H14O10S. The third-order valence-electron chi connectivity index (χ3n) is 4.26. The van der Waals surface area contributed by atoms with Gasteiger partial charge in [-0.3, -0.25) is 4.79 Å². The van der Waals surface area contributed by atoms with Crippen LogP contribution in [-0.4, -0.2) is 34.9 Å². The molecule has 152 valence electrons. The minimum atomic E-state index is -4.72. The molecule has 11 heteroatoms. The number of hydrogen-bond acceptors (Lipinski definition) is 10. The van der Waals surface area contributed by atoms with E-state index in [1.807, 2.05) is 0 Å². The van der Waals surface area contributed by atoms with Gasteiger partial charge in [0.15, 0.2) is 22.8 Å². The van der Waals surface area contributed by atoms with E-state index in [1.54, 1.807) is 6.07 Å². The molecule has 10 nitrogen and oxygen atoms in total. The van der Waals surface area contributed by atoms with Crippen molar-refractivity contribution in [2.45, 2.75) is 0 Å². The molecule has 0 unspecified atom stereocenters. The second-order valence-electron chi connectivity index (χ2n) is 5.81. The van der Waals surface area contributed by atoms with E-state index in [1.165, 1.54) is 39.5 Å². The summed E-state index contributed by atoms with van der Waals surface area (Å²) in [4.78, 5) is 13.2. The maximum Gasteiger partial charge on any atom is 0.501 e. The minimum absolute atomic E-state index is 0.117. The number of rotatable bonds is 3. The van der Waals surface area contributed by atoms with Crippen molar-refractivity contribution in [3.05, 3.63) is 34.5 Å². The lowest BCUT2D eigenvalue weighted by Gasteiger charge is -2.16. The Labute approximate surface area is 164 Å². The fraction of sp³-hybridized carbons (Fsp3) is 0.167. The van der Waals surface area contributed by atoms with Gasteiger partial charge in [0, 0.05) is 0 Å². The quantitative estimate of drug-likeness (QED) is 0.670. The Hall–Kier alpha value is -3.60. The zero-order chi connectivity index (χ0) is 20.9. The smallest absolute Gasteiger partial charge is 0.501 e. The van der Waals surface area contributed by atoms with E-state index in [2.05, 4.69) is 0 Å². The topological polar surface area (TPSA) is 131 Å². The van der Waals surface area contributed by atoms with Crippen LogP contribution in [0.3, 0.4) is 0 Å². The molecule has 0 atom stereocenters. The van der Waals surface area contributed by atoms with Gasteiger partial charge < -0.3 is 32.1 Å². The van der Waals surface area contributed by atoms with Gasteiger partial charge in [-0.05, 0) is 12.1 Å². The van der Waals surface area contributed by atoms with Gasteiger partial charge in [0.2, 0.25) is 28.4 Å². The highest BCUT2D eigenvalue weighted by Gasteiger charge is 2.35. The molecule has 2 heterocycles. The van der Waals surface area contributed by atoms with Crippen LogP contribution in [0.15, 0.2) is 33.5 Å². The summed E-state index contributed by atoms with van der Waals surface area (Å²) >= 11 is 0. The second-order valence-corrected chi connectivity index (χ2v) is 6.96. The highest BCUT2D eigenvalue weighted by atomic mass is 32.3. The van der Waals surface area contributed by atoms with Crippen LogP contribution in [0.5, 0.6) is 34.5 Å². The standard InChI is InChI=1S/C18H14O10S/c1-23-14-10-11(19)16(24-2)13-8-6-4-5-7-9(8)27-29(21,22)28-18(15(10)26-13)12(20)17(14)25-3/h4-7,20H,1-3H3. The van der Waals surface area contributed by atoms with Crippen LogP contribution >= 0.6 is 0 Å². The fourth-order valence-electron chi connectivity index (χ4n) is 3.10. The van der Waals surface area contributed by atoms with Crippen LogP contribution in [0, 0.1) is 0 Å². The van der Waals surface area contributed by atoms with Crippen molar-refractivity contribution < 1.29 is 40.5 Å². The van der Waals surface area contributed by atoms with Crippen molar-refractivity contribution in [2.75, 3.05) is 21.3 Å². The summed E-state index contributed by atoms with van der Waals surface area (Å²) in [6.07, 6.45) is 0. The summed E-state index contributed by atoms with van der Waals surface area (Å²) in [5.41, 5.74) is -0.958. The Morgan fingerprint density at radius 2 is 1.59 bits per heavy atom. The lowest BCUT2D eigenvalue weighted by molar-refractivity contribution is 0.324. The van der Waals surface area contributed by atoms with E-state index in [9.17, 15) is 18.3 Å². The van der Waals surface area contributed by atoms with E-state index in [0.29, 0.717) is 0 Å². The minimum Gasteiger partial charge on any atom is -0.501 e. The van der Waals surface area contributed by atoms with Gasteiger partial charge in [0.25, 0.3) is 0 Å². The van der Waals surface area contributed by atoms with E-state index >= 15 is 0 Å². The van der Waals surface area contributed by atoms with E-state index in [-0.39, 0.29) is 45.3 Å². The first kappa shape index (κ1) is 18.7. The van der Waals surface area contributed by atoms with Crippen LogP contribution in [0.4, 0.5) is 0 Å². The summed E-state index contributed by atoms with van der Waals surface area (Å²) in [6, 6.07) is 5.93. The van der Waals surface area contributed by atoms with Crippen LogP contribution in [0.25, 0.3) is 22.3 Å². The van der Waals surface area contributed by atoms with Crippen molar-refractivity contribution in [1.29, 1.82) is 0 Å². The SMILES string of the molecule is COc1c(O)c2c3oc(c(OC)c(=O)c3c1OC)-c1ccccc1OS(=O)(=O)O2. The van der Waals surface area contributed by atoms with Crippen molar-refractivity contribution in [3.8, 4) is 45.8 Å². The molecule has 3 aromatic rings. The highest BCUT2D eigenvalue weighted by Crippen LogP contribution is 2.52. The summed E-state index contributed by atoms with van der Waals surface area (Å²) in [6.45, 7) is 0. The molecule has 0 saturated heterocycles. The third-order valence-corrected chi connectivity index (χ3v) is 5.02. The highest BCUT2D eigenvalue weighted by molar-refractivity contribution is 7.82. The normalized spacial score (nSPS) is 14.0. The first-order valence-electron chi connectivity index (χ1n) is 8.08. The molecule has 1 aromatic heterocycles. The molecule has 0 spiro atoms. The van der Waals surface area contributed by atoms with Crippen molar-refractivity contribution in [1.82, 2.24) is 0 Å². The Morgan fingerprint density at radius 1 is 0.931 bits per heavy atom. The first-order valence-corrected chi connectivity index (χ1v) is 9.41. The van der Waals surface area contributed by atoms with E-state index < -0.39 is 27.3 Å². The number of methoxy groups -OCH3 is 3. The largest absolute Gasteiger partial charge is 0.501 e. The lowest BCUT2D eigenvalue weighted by atomic mass is 10.1. The van der Waals surface area contributed by atoms with Gasteiger partial charge in [0.1, 0.15) is 5.39 Å². The molecule has 0 amide bonds. The van der Waals surface area contributed by atoms with Gasteiger partial charge >= 0.3 is 10.4 Å². The summed E-state index contributed by atoms with van der Waals surface area (Å²) in [7, 11) is -1.04. The van der Waals surface area contributed by atoms with Crippen LogP contribution < -0.4 is 28.0 Å². The van der Waals surface area contributed by atoms with E-state index in [0.717, 1.165) is 0 Å². The number of phenolic OH excluding ortho intramolecular Hbond substituents is 1. The van der Waals surface area contributed by atoms with Gasteiger partial charge in [-0.1, -0.05) is 12.1 Å². The van der Waals surface area contributed by atoms with Crippen molar-refractivity contribution in [2.24, 2.45) is 0 Å². The monoisotopic (exact) mass is 422 g/mol.